The first-order valence-corrected chi connectivity index (χ1v) is 13.1. The molecule has 0 aliphatic heterocycles. The third kappa shape index (κ3) is 5.24. The molecule has 4 rings (SSSR count). The Hall–Kier alpha value is -2.56. The van der Waals surface area contributed by atoms with Crippen LogP contribution in [0.15, 0.2) is 23.4 Å². The highest BCUT2D eigenvalue weighted by Gasteiger charge is 2.28. The van der Waals surface area contributed by atoms with Gasteiger partial charge in [-0.1, -0.05) is 29.4 Å². The summed E-state index contributed by atoms with van der Waals surface area (Å²) in [6.07, 6.45) is 2.77. The molecule has 0 saturated carbocycles. The molecule has 2 heterocycles. The summed E-state index contributed by atoms with van der Waals surface area (Å²) in [5.74, 6) is 0.735. The molecular formula is C23H25ClN4O4S2. The van der Waals surface area contributed by atoms with Gasteiger partial charge in [0.15, 0.2) is 11.0 Å². The van der Waals surface area contributed by atoms with Crippen molar-refractivity contribution in [1.82, 2.24) is 14.8 Å². The topological polar surface area (TPSA) is 95.3 Å². The summed E-state index contributed by atoms with van der Waals surface area (Å²) >= 11 is 8.95. The number of thioether (sulfide) groups is 1. The summed E-state index contributed by atoms with van der Waals surface area (Å²) in [5.41, 5.74) is 2.54. The first-order chi connectivity index (χ1) is 16.4. The van der Waals surface area contributed by atoms with Gasteiger partial charge in [-0.2, -0.15) is 0 Å². The lowest BCUT2D eigenvalue weighted by Crippen LogP contribution is -2.17. The first kappa shape index (κ1) is 24.6. The number of aryl methyl sites for hydroxylation is 2. The number of fused-ring (bicyclic) bond motifs is 1. The average Bonchev–Trinajstić information content (AvgIpc) is 3.52. The Morgan fingerprint density at radius 1 is 1.29 bits per heavy atom. The fourth-order valence-corrected chi connectivity index (χ4v) is 6.10. The fourth-order valence-electron chi connectivity index (χ4n) is 3.82. The molecule has 0 radical (unpaired) electrons. The minimum absolute atomic E-state index is 0.131. The molecule has 11 heteroatoms. The number of esters is 1. The van der Waals surface area contributed by atoms with E-state index in [0.717, 1.165) is 35.3 Å². The SMILES string of the molecule is CCn1c(COc2cc(C)ccc2Cl)nnc1SCC(=O)Nc1sc2c(c1C(=O)OC)CCC2. The van der Waals surface area contributed by atoms with Crippen LogP contribution in [0.25, 0.3) is 0 Å². The van der Waals surface area contributed by atoms with Crippen LogP contribution in [0.4, 0.5) is 5.00 Å². The quantitative estimate of drug-likeness (QED) is 0.316. The second kappa shape index (κ2) is 10.8. The van der Waals surface area contributed by atoms with E-state index in [-0.39, 0.29) is 18.3 Å². The van der Waals surface area contributed by atoms with E-state index in [9.17, 15) is 9.59 Å². The molecule has 0 unspecified atom stereocenters. The van der Waals surface area contributed by atoms with Crippen LogP contribution in [-0.4, -0.2) is 39.5 Å². The molecule has 180 valence electrons. The molecule has 2 aromatic heterocycles. The highest BCUT2D eigenvalue weighted by atomic mass is 35.5. The van der Waals surface area contributed by atoms with E-state index >= 15 is 0 Å². The maximum atomic E-state index is 12.7. The molecule has 8 nitrogen and oxygen atoms in total. The summed E-state index contributed by atoms with van der Waals surface area (Å²) < 4.78 is 12.7. The zero-order chi connectivity index (χ0) is 24.2. The van der Waals surface area contributed by atoms with Crippen molar-refractivity contribution < 1.29 is 19.1 Å². The van der Waals surface area contributed by atoms with Crippen LogP contribution in [0, 0.1) is 6.92 Å². The van der Waals surface area contributed by atoms with E-state index < -0.39 is 5.97 Å². The van der Waals surface area contributed by atoms with Crippen LogP contribution >= 0.6 is 34.7 Å². The van der Waals surface area contributed by atoms with Crippen molar-refractivity contribution in [3.8, 4) is 5.75 Å². The van der Waals surface area contributed by atoms with Gasteiger partial charge in [-0.05, 0) is 56.4 Å². The number of nitrogens with one attached hydrogen (secondary N) is 1. The lowest BCUT2D eigenvalue weighted by Gasteiger charge is -2.10. The van der Waals surface area contributed by atoms with Crippen molar-refractivity contribution in [2.24, 2.45) is 0 Å². The second-order valence-electron chi connectivity index (χ2n) is 7.76. The van der Waals surface area contributed by atoms with Gasteiger partial charge in [-0.3, -0.25) is 4.79 Å². The van der Waals surface area contributed by atoms with Gasteiger partial charge in [0.2, 0.25) is 5.91 Å². The Labute approximate surface area is 211 Å². The number of rotatable bonds is 9. The molecule has 0 saturated heterocycles. The number of anilines is 1. The number of thiophene rings is 1. The zero-order valence-electron chi connectivity index (χ0n) is 19.1. The molecule has 0 bridgehead atoms. The summed E-state index contributed by atoms with van der Waals surface area (Å²) in [4.78, 5) is 26.1. The van der Waals surface area contributed by atoms with Gasteiger partial charge in [-0.25, -0.2) is 4.79 Å². The highest BCUT2D eigenvalue weighted by Crippen LogP contribution is 2.39. The van der Waals surface area contributed by atoms with Crippen LogP contribution in [-0.2, 0) is 35.5 Å². The Morgan fingerprint density at radius 2 is 2.12 bits per heavy atom. The summed E-state index contributed by atoms with van der Waals surface area (Å²) in [7, 11) is 1.36. The fraction of sp³-hybridized carbons (Fsp3) is 0.391. The molecule has 1 N–H and O–H groups in total. The van der Waals surface area contributed by atoms with Gasteiger partial charge in [0.05, 0.1) is 23.4 Å². The normalized spacial score (nSPS) is 12.5. The number of amides is 1. The van der Waals surface area contributed by atoms with Crippen molar-refractivity contribution in [3.63, 3.8) is 0 Å². The number of carbonyl (C=O) groups excluding carboxylic acids is 2. The molecule has 0 fully saturated rings. The highest BCUT2D eigenvalue weighted by molar-refractivity contribution is 7.99. The Morgan fingerprint density at radius 3 is 2.88 bits per heavy atom. The van der Waals surface area contributed by atoms with Crippen molar-refractivity contribution in [2.45, 2.75) is 51.4 Å². The molecule has 1 amide bonds. The van der Waals surface area contributed by atoms with Gasteiger partial charge in [-0.15, -0.1) is 21.5 Å². The van der Waals surface area contributed by atoms with Gasteiger partial charge in [0.1, 0.15) is 17.4 Å². The number of halogens is 1. The number of hydrogen-bond acceptors (Lipinski definition) is 8. The number of aromatic nitrogens is 3. The van der Waals surface area contributed by atoms with E-state index in [4.69, 9.17) is 21.1 Å². The molecule has 1 aliphatic carbocycles. The maximum Gasteiger partial charge on any atom is 0.341 e. The Bertz CT molecular complexity index is 1220. The number of ether oxygens (including phenoxy) is 2. The molecule has 3 aromatic rings. The van der Waals surface area contributed by atoms with Crippen LogP contribution < -0.4 is 10.1 Å². The Balaban J connectivity index is 1.40. The van der Waals surface area contributed by atoms with Crippen molar-refractivity contribution in [3.05, 3.63) is 50.6 Å². The second-order valence-corrected chi connectivity index (χ2v) is 10.2. The van der Waals surface area contributed by atoms with Gasteiger partial charge < -0.3 is 19.4 Å². The minimum atomic E-state index is -0.411. The van der Waals surface area contributed by atoms with E-state index in [1.807, 2.05) is 30.5 Å². The van der Waals surface area contributed by atoms with Crippen LogP contribution in [0.3, 0.4) is 0 Å². The number of nitrogens with zero attached hydrogens (tertiary/aromatic N) is 3. The summed E-state index contributed by atoms with van der Waals surface area (Å²) in [6.45, 7) is 4.78. The lowest BCUT2D eigenvalue weighted by atomic mass is 10.1. The molecular weight excluding hydrogens is 496 g/mol. The van der Waals surface area contributed by atoms with E-state index in [1.54, 1.807) is 6.07 Å². The predicted octanol–water partition coefficient (Wildman–Crippen LogP) is 4.91. The zero-order valence-corrected chi connectivity index (χ0v) is 21.5. The Kier molecular flexibility index (Phi) is 7.80. The standard InChI is InChI=1S/C23H25ClN4O4S2/c1-4-28-18(11-32-16-10-13(2)8-9-15(16)24)26-27-23(28)33-12-19(29)25-21-20(22(30)31-3)14-6-5-7-17(14)34-21/h8-10H,4-7,11-12H2,1-3H3,(H,25,29). The summed E-state index contributed by atoms with van der Waals surface area (Å²) in [6, 6.07) is 5.59. The van der Waals surface area contributed by atoms with Crippen molar-refractivity contribution >= 4 is 51.6 Å². The summed E-state index contributed by atoms with van der Waals surface area (Å²) in [5, 5.41) is 13.1. The van der Waals surface area contributed by atoms with E-state index in [1.165, 1.54) is 30.2 Å². The van der Waals surface area contributed by atoms with Crippen LogP contribution in [0.5, 0.6) is 5.75 Å². The first-order valence-electron chi connectivity index (χ1n) is 10.9. The van der Waals surface area contributed by atoms with Crippen LogP contribution in [0.1, 0.15) is 45.5 Å². The monoisotopic (exact) mass is 520 g/mol. The molecule has 1 aliphatic rings. The van der Waals surface area contributed by atoms with Crippen molar-refractivity contribution in [1.29, 1.82) is 0 Å². The van der Waals surface area contributed by atoms with Gasteiger partial charge >= 0.3 is 5.97 Å². The number of methoxy groups -OCH3 is 1. The van der Waals surface area contributed by atoms with Crippen molar-refractivity contribution in [2.75, 3.05) is 18.2 Å². The van der Waals surface area contributed by atoms with Gasteiger partial charge in [0.25, 0.3) is 0 Å². The van der Waals surface area contributed by atoms with Gasteiger partial charge in [0, 0.05) is 11.4 Å². The number of carbonyl (C=O) groups is 2. The molecule has 34 heavy (non-hydrogen) atoms. The number of benzene rings is 1. The van der Waals surface area contributed by atoms with E-state index in [0.29, 0.717) is 38.9 Å². The largest absolute Gasteiger partial charge is 0.484 e. The smallest absolute Gasteiger partial charge is 0.341 e. The minimum Gasteiger partial charge on any atom is -0.484 e. The predicted molar refractivity (Wildman–Crippen MR) is 133 cm³/mol. The van der Waals surface area contributed by atoms with Crippen LogP contribution in [0.2, 0.25) is 5.02 Å². The average molecular weight is 521 g/mol. The molecule has 0 atom stereocenters. The maximum absolute atomic E-state index is 12.7. The number of hydrogen-bond donors (Lipinski definition) is 1. The third-order valence-corrected chi connectivity index (χ3v) is 7.94. The third-order valence-electron chi connectivity index (χ3n) is 5.45. The molecule has 0 spiro atoms. The van der Waals surface area contributed by atoms with E-state index in [2.05, 4.69) is 15.5 Å². The molecule has 1 aromatic carbocycles. The lowest BCUT2D eigenvalue weighted by molar-refractivity contribution is -0.113.